The number of rotatable bonds is 3. The molecule has 0 bridgehead atoms. The molecule has 2 aliphatic rings. The van der Waals surface area contributed by atoms with Crippen molar-refractivity contribution in [2.45, 2.75) is 30.7 Å². The van der Waals surface area contributed by atoms with Crippen molar-refractivity contribution in [2.75, 3.05) is 26.8 Å². The van der Waals surface area contributed by atoms with Crippen LogP contribution in [0.25, 0.3) is 0 Å². The average molecular weight is 297 g/mol. The fraction of sp³-hybridized carbons (Fsp3) is 0.562. The third-order valence-electron chi connectivity index (χ3n) is 4.22. The standard InChI is InChI=1S/C9H15F2NO.C7H6O/c1-13-6-9-3-2-4-12(9)5-7(10)8(9)11;8-6-7-4-2-1-3-5-7/h7-8H,2-6H2,1H3;1-6H. The van der Waals surface area contributed by atoms with Gasteiger partial charge in [-0.25, -0.2) is 8.78 Å². The maximum Gasteiger partial charge on any atom is 0.153 e. The minimum Gasteiger partial charge on any atom is -0.383 e. The molecule has 0 aliphatic carbocycles. The van der Waals surface area contributed by atoms with Crippen LogP contribution >= 0.6 is 0 Å². The molecule has 2 fully saturated rings. The number of carbonyl (C=O) groups excluding carboxylic acids is 1. The molecule has 0 amide bonds. The summed E-state index contributed by atoms with van der Waals surface area (Å²) in [6.45, 7) is 1.36. The first kappa shape index (κ1) is 16.0. The summed E-state index contributed by atoms with van der Waals surface area (Å²) in [5.41, 5.74) is 0.0845. The Kier molecular flexibility index (Phi) is 5.42. The van der Waals surface area contributed by atoms with E-state index in [9.17, 15) is 13.6 Å². The highest BCUT2D eigenvalue weighted by molar-refractivity contribution is 5.74. The van der Waals surface area contributed by atoms with Crippen LogP contribution in [-0.2, 0) is 4.74 Å². The van der Waals surface area contributed by atoms with Crippen molar-refractivity contribution in [3.05, 3.63) is 35.9 Å². The quantitative estimate of drug-likeness (QED) is 0.803. The van der Waals surface area contributed by atoms with Gasteiger partial charge in [0.05, 0.1) is 12.1 Å². The molecule has 116 valence electrons. The molecule has 21 heavy (non-hydrogen) atoms. The fourth-order valence-corrected chi connectivity index (χ4v) is 3.21. The van der Waals surface area contributed by atoms with Gasteiger partial charge in [-0.05, 0) is 19.4 Å². The Morgan fingerprint density at radius 3 is 2.67 bits per heavy atom. The van der Waals surface area contributed by atoms with Gasteiger partial charge in [0, 0.05) is 19.2 Å². The van der Waals surface area contributed by atoms with Gasteiger partial charge in [0.2, 0.25) is 0 Å². The van der Waals surface area contributed by atoms with Crippen LogP contribution < -0.4 is 0 Å². The van der Waals surface area contributed by atoms with Gasteiger partial charge in [0.1, 0.15) is 12.5 Å². The molecule has 3 nitrogen and oxygen atoms in total. The van der Waals surface area contributed by atoms with Crippen molar-refractivity contribution in [2.24, 2.45) is 0 Å². The number of nitrogens with zero attached hydrogens (tertiary/aromatic N) is 1. The first-order valence-corrected chi connectivity index (χ1v) is 7.16. The summed E-state index contributed by atoms with van der Waals surface area (Å²) in [6.07, 6.45) is -0.177. The largest absolute Gasteiger partial charge is 0.383 e. The average Bonchev–Trinajstić information content (AvgIpc) is 3.00. The summed E-state index contributed by atoms with van der Waals surface area (Å²) in [6, 6.07) is 9.10. The van der Waals surface area contributed by atoms with Crippen LogP contribution in [0.5, 0.6) is 0 Å². The maximum absolute atomic E-state index is 13.6. The number of alkyl halides is 2. The van der Waals surface area contributed by atoms with Crippen molar-refractivity contribution in [3.8, 4) is 0 Å². The first-order valence-electron chi connectivity index (χ1n) is 7.16. The van der Waals surface area contributed by atoms with E-state index in [0.717, 1.165) is 31.2 Å². The first-order chi connectivity index (χ1) is 10.1. The van der Waals surface area contributed by atoms with E-state index < -0.39 is 17.9 Å². The Morgan fingerprint density at radius 2 is 2.10 bits per heavy atom. The maximum atomic E-state index is 13.6. The number of halogens is 2. The lowest BCUT2D eigenvalue weighted by Crippen LogP contribution is -2.48. The lowest BCUT2D eigenvalue weighted by Gasteiger charge is -2.32. The Labute approximate surface area is 123 Å². The van der Waals surface area contributed by atoms with Crippen LogP contribution in [0.15, 0.2) is 30.3 Å². The molecular formula is C16H21F2NO2. The number of hydrogen-bond acceptors (Lipinski definition) is 3. The van der Waals surface area contributed by atoms with E-state index >= 15 is 0 Å². The second kappa shape index (κ2) is 7.09. The number of ether oxygens (including phenoxy) is 1. The molecular weight excluding hydrogens is 276 g/mol. The van der Waals surface area contributed by atoms with Gasteiger partial charge in [-0.2, -0.15) is 0 Å². The van der Waals surface area contributed by atoms with Gasteiger partial charge >= 0.3 is 0 Å². The van der Waals surface area contributed by atoms with Gasteiger partial charge in [-0.3, -0.25) is 9.69 Å². The van der Waals surface area contributed by atoms with Crippen molar-refractivity contribution < 1.29 is 18.3 Å². The molecule has 0 radical (unpaired) electrons. The van der Waals surface area contributed by atoms with Crippen molar-refractivity contribution in [1.29, 1.82) is 0 Å². The Morgan fingerprint density at radius 1 is 1.38 bits per heavy atom. The van der Waals surface area contributed by atoms with Crippen LogP contribution in [0.3, 0.4) is 0 Å². The number of carbonyl (C=O) groups is 1. The summed E-state index contributed by atoms with van der Waals surface area (Å²) in [5.74, 6) is 0. The van der Waals surface area contributed by atoms with Gasteiger partial charge in [-0.1, -0.05) is 30.3 Å². The molecule has 1 aromatic rings. The molecule has 0 saturated carbocycles. The molecule has 0 aromatic heterocycles. The smallest absolute Gasteiger partial charge is 0.153 e. The number of aldehydes is 1. The lowest BCUT2D eigenvalue weighted by molar-refractivity contribution is 0.0191. The Hall–Kier alpha value is -1.33. The summed E-state index contributed by atoms with van der Waals surface area (Å²) in [5, 5.41) is 0. The lowest BCUT2D eigenvalue weighted by atomic mass is 9.93. The zero-order valence-corrected chi connectivity index (χ0v) is 12.2. The molecule has 1 aromatic carbocycles. The molecule has 5 heteroatoms. The predicted octanol–water partition coefficient (Wildman–Crippen LogP) is 2.66. The summed E-state index contributed by atoms with van der Waals surface area (Å²) >= 11 is 0. The van der Waals surface area contributed by atoms with E-state index in [1.807, 2.05) is 23.1 Å². The topological polar surface area (TPSA) is 29.5 Å². The molecule has 3 atom stereocenters. The third-order valence-corrected chi connectivity index (χ3v) is 4.22. The highest BCUT2D eigenvalue weighted by Gasteiger charge is 2.57. The summed E-state index contributed by atoms with van der Waals surface area (Å²) in [4.78, 5) is 11.9. The van der Waals surface area contributed by atoms with Crippen molar-refractivity contribution in [1.82, 2.24) is 4.90 Å². The minimum absolute atomic E-state index is 0.241. The van der Waals surface area contributed by atoms with Gasteiger partial charge < -0.3 is 4.74 Å². The Balaban J connectivity index is 0.000000173. The fourth-order valence-electron chi connectivity index (χ4n) is 3.21. The normalized spacial score (nSPS) is 31.4. The van der Waals surface area contributed by atoms with E-state index in [0.29, 0.717) is 6.61 Å². The van der Waals surface area contributed by atoms with Gasteiger partial charge in [0.15, 0.2) is 6.17 Å². The molecule has 0 N–H and O–H groups in total. The Bertz CT molecular complexity index is 453. The van der Waals surface area contributed by atoms with Gasteiger partial charge in [-0.15, -0.1) is 0 Å². The van der Waals surface area contributed by atoms with Crippen LogP contribution in [0.4, 0.5) is 8.78 Å². The van der Waals surface area contributed by atoms with Crippen molar-refractivity contribution in [3.63, 3.8) is 0 Å². The summed E-state index contributed by atoms with van der Waals surface area (Å²) in [7, 11) is 1.55. The zero-order valence-electron chi connectivity index (χ0n) is 12.2. The molecule has 0 spiro atoms. The van der Waals surface area contributed by atoms with E-state index in [1.54, 1.807) is 19.2 Å². The molecule has 3 rings (SSSR count). The zero-order chi connectivity index (χ0) is 15.3. The second-order valence-corrected chi connectivity index (χ2v) is 5.53. The van der Waals surface area contributed by atoms with E-state index in [2.05, 4.69) is 0 Å². The number of methoxy groups -OCH3 is 1. The van der Waals surface area contributed by atoms with E-state index in [4.69, 9.17) is 4.74 Å². The third kappa shape index (κ3) is 3.30. The minimum atomic E-state index is -1.37. The highest BCUT2D eigenvalue weighted by atomic mass is 19.2. The SMILES string of the molecule is COCC12CCCN1CC(F)C2F.O=Cc1ccccc1. The number of benzene rings is 1. The highest BCUT2D eigenvalue weighted by Crippen LogP contribution is 2.42. The molecule has 2 saturated heterocycles. The van der Waals surface area contributed by atoms with Crippen LogP contribution in [0.2, 0.25) is 0 Å². The number of fused-ring (bicyclic) bond motifs is 1. The van der Waals surface area contributed by atoms with Crippen LogP contribution in [-0.4, -0.2) is 55.9 Å². The second-order valence-electron chi connectivity index (χ2n) is 5.53. The molecule has 3 unspecified atom stereocenters. The van der Waals surface area contributed by atoms with Crippen molar-refractivity contribution >= 4 is 6.29 Å². The van der Waals surface area contributed by atoms with Crippen LogP contribution in [0.1, 0.15) is 23.2 Å². The predicted molar refractivity (Wildman–Crippen MR) is 77.0 cm³/mol. The van der Waals surface area contributed by atoms with E-state index in [1.165, 1.54) is 0 Å². The number of hydrogen-bond donors (Lipinski definition) is 0. The van der Waals surface area contributed by atoms with E-state index in [-0.39, 0.29) is 6.54 Å². The van der Waals surface area contributed by atoms with Crippen LogP contribution in [0, 0.1) is 0 Å². The van der Waals surface area contributed by atoms with Gasteiger partial charge in [0.25, 0.3) is 0 Å². The summed E-state index contributed by atoms with van der Waals surface area (Å²) < 4.78 is 31.8. The molecule has 2 heterocycles. The monoisotopic (exact) mass is 297 g/mol. The molecule has 2 aliphatic heterocycles.